The quantitative estimate of drug-likeness (QED) is 0.747. The summed E-state index contributed by atoms with van der Waals surface area (Å²) in [6.45, 7) is 0.522. The molecular formula is C16H20ClN3OS2. The van der Waals surface area contributed by atoms with E-state index in [4.69, 9.17) is 17.3 Å². The summed E-state index contributed by atoms with van der Waals surface area (Å²) in [5, 5.41) is 6.17. The predicted octanol–water partition coefficient (Wildman–Crippen LogP) is 3.52. The first-order valence-corrected chi connectivity index (χ1v) is 9.98. The van der Waals surface area contributed by atoms with Crippen LogP contribution in [0, 0.1) is 0 Å². The van der Waals surface area contributed by atoms with Gasteiger partial charge < -0.3 is 11.1 Å². The third-order valence-electron chi connectivity index (χ3n) is 3.34. The number of carbonyl (C=O) groups is 1. The molecule has 0 radical (unpaired) electrons. The maximum atomic E-state index is 12.1. The summed E-state index contributed by atoms with van der Waals surface area (Å²) in [5.41, 5.74) is 7.53. The van der Waals surface area contributed by atoms with Crippen molar-refractivity contribution in [2.45, 2.75) is 18.9 Å². The fraction of sp³-hybridized carbons (Fsp3) is 0.375. The molecule has 0 spiro atoms. The molecule has 3 N–H and O–H groups in total. The van der Waals surface area contributed by atoms with Crippen molar-refractivity contribution in [3.05, 3.63) is 50.9 Å². The largest absolute Gasteiger partial charge is 0.350 e. The molecule has 124 valence electrons. The van der Waals surface area contributed by atoms with Crippen LogP contribution in [-0.2, 0) is 6.42 Å². The molecule has 0 saturated carbocycles. The van der Waals surface area contributed by atoms with E-state index in [0.717, 1.165) is 27.8 Å². The highest BCUT2D eigenvalue weighted by Crippen LogP contribution is 2.20. The molecule has 4 nitrogen and oxygen atoms in total. The highest BCUT2D eigenvalue weighted by molar-refractivity contribution is 7.98. The Labute approximate surface area is 149 Å². The Morgan fingerprint density at radius 1 is 1.48 bits per heavy atom. The molecule has 1 aromatic heterocycles. The second-order valence-corrected chi connectivity index (χ2v) is 7.34. The summed E-state index contributed by atoms with van der Waals surface area (Å²) < 4.78 is 0. The van der Waals surface area contributed by atoms with Gasteiger partial charge in [-0.1, -0.05) is 29.8 Å². The number of hydrogen-bond donors (Lipinski definition) is 2. The van der Waals surface area contributed by atoms with Gasteiger partial charge in [-0.25, -0.2) is 4.98 Å². The second-order valence-electron chi connectivity index (χ2n) is 5.06. The minimum Gasteiger partial charge on any atom is -0.350 e. The Hall–Kier alpha value is -1.08. The monoisotopic (exact) mass is 369 g/mol. The summed E-state index contributed by atoms with van der Waals surface area (Å²) in [7, 11) is 0. The number of benzene rings is 1. The van der Waals surface area contributed by atoms with Crippen molar-refractivity contribution >= 4 is 40.6 Å². The third kappa shape index (κ3) is 5.49. The first-order valence-electron chi connectivity index (χ1n) is 7.33. The minimum atomic E-state index is -0.170. The fourth-order valence-electron chi connectivity index (χ4n) is 2.03. The number of amides is 1. The number of aromatic nitrogens is 1. The van der Waals surface area contributed by atoms with Gasteiger partial charge in [-0.3, -0.25) is 4.79 Å². The summed E-state index contributed by atoms with van der Waals surface area (Å²) in [4.78, 5) is 16.5. The summed E-state index contributed by atoms with van der Waals surface area (Å²) in [6.07, 6.45) is 3.60. The van der Waals surface area contributed by atoms with Gasteiger partial charge in [0.1, 0.15) is 10.7 Å². The SMILES string of the molecule is CSCCC(N)c1nc(C(=O)NCCc2ccccc2Cl)cs1. The summed E-state index contributed by atoms with van der Waals surface area (Å²) in [5.74, 6) is 0.816. The number of nitrogens with zero attached hydrogens (tertiary/aromatic N) is 1. The molecule has 2 aromatic rings. The number of hydrogen-bond acceptors (Lipinski definition) is 5. The van der Waals surface area contributed by atoms with Crippen LogP contribution in [-0.4, -0.2) is 29.4 Å². The van der Waals surface area contributed by atoms with E-state index in [0.29, 0.717) is 18.7 Å². The van der Waals surface area contributed by atoms with Gasteiger partial charge >= 0.3 is 0 Å². The molecule has 0 bridgehead atoms. The van der Waals surface area contributed by atoms with E-state index >= 15 is 0 Å². The average molecular weight is 370 g/mol. The highest BCUT2D eigenvalue weighted by atomic mass is 35.5. The van der Waals surface area contributed by atoms with E-state index in [-0.39, 0.29) is 11.9 Å². The average Bonchev–Trinajstić information content (AvgIpc) is 3.04. The predicted molar refractivity (Wildman–Crippen MR) is 99.5 cm³/mol. The lowest BCUT2D eigenvalue weighted by Crippen LogP contribution is -2.26. The summed E-state index contributed by atoms with van der Waals surface area (Å²) in [6, 6.07) is 7.53. The van der Waals surface area contributed by atoms with Crippen molar-refractivity contribution in [1.29, 1.82) is 0 Å². The smallest absolute Gasteiger partial charge is 0.270 e. The van der Waals surface area contributed by atoms with Gasteiger partial charge in [0.15, 0.2) is 0 Å². The van der Waals surface area contributed by atoms with Crippen molar-refractivity contribution in [3.8, 4) is 0 Å². The zero-order valence-corrected chi connectivity index (χ0v) is 15.3. The van der Waals surface area contributed by atoms with Crippen LogP contribution in [0.25, 0.3) is 0 Å². The standard InChI is InChI=1S/C16H20ClN3OS2/c1-22-9-7-13(18)16-20-14(10-23-16)15(21)19-8-6-11-4-2-3-5-12(11)17/h2-5,10,13H,6-9,18H2,1H3,(H,19,21). The van der Waals surface area contributed by atoms with Crippen molar-refractivity contribution in [3.63, 3.8) is 0 Å². The van der Waals surface area contributed by atoms with Gasteiger partial charge in [0.25, 0.3) is 5.91 Å². The molecule has 2 rings (SSSR count). The first kappa shape index (κ1) is 18.3. The van der Waals surface area contributed by atoms with Gasteiger partial charge in [0.2, 0.25) is 0 Å². The van der Waals surface area contributed by atoms with Gasteiger partial charge in [-0.05, 0) is 36.5 Å². The number of nitrogens with two attached hydrogens (primary N) is 1. The number of carbonyl (C=O) groups excluding carboxylic acids is 1. The molecule has 1 atom stereocenters. The molecular weight excluding hydrogens is 350 g/mol. The maximum absolute atomic E-state index is 12.1. The molecule has 7 heteroatoms. The Morgan fingerprint density at radius 3 is 3.00 bits per heavy atom. The number of thiazole rings is 1. The lowest BCUT2D eigenvalue weighted by Gasteiger charge is -2.07. The van der Waals surface area contributed by atoms with Gasteiger partial charge in [-0.15, -0.1) is 11.3 Å². The van der Waals surface area contributed by atoms with Crippen LogP contribution in [0.5, 0.6) is 0 Å². The van der Waals surface area contributed by atoms with Crippen LogP contribution in [0.4, 0.5) is 0 Å². The topological polar surface area (TPSA) is 68.0 Å². The number of nitrogens with one attached hydrogen (secondary N) is 1. The van der Waals surface area contributed by atoms with Crippen molar-refractivity contribution < 1.29 is 4.79 Å². The van der Waals surface area contributed by atoms with Crippen molar-refractivity contribution in [1.82, 2.24) is 10.3 Å². The van der Waals surface area contributed by atoms with Crippen LogP contribution in [0.2, 0.25) is 5.02 Å². The van der Waals surface area contributed by atoms with E-state index in [9.17, 15) is 4.79 Å². The van der Waals surface area contributed by atoms with Gasteiger partial charge in [0.05, 0.1) is 6.04 Å². The molecule has 1 aromatic carbocycles. The van der Waals surface area contributed by atoms with Crippen molar-refractivity contribution in [2.24, 2.45) is 5.73 Å². The first-order chi connectivity index (χ1) is 11.1. The Morgan fingerprint density at radius 2 is 2.26 bits per heavy atom. The second kappa shape index (κ2) is 9.27. The molecule has 0 aliphatic heterocycles. The van der Waals surface area contributed by atoms with E-state index in [2.05, 4.69) is 10.3 Å². The van der Waals surface area contributed by atoms with Crippen molar-refractivity contribution in [2.75, 3.05) is 18.6 Å². The molecule has 23 heavy (non-hydrogen) atoms. The molecule has 0 aliphatic carbocycles. The molecule has 0 fully saturated rings. The van der Waals surface area contributed by atoms with E-state index in [1.165, 1.54) is 11.3 Å². The molecule has 1 heterocycles. The maximum Gasteiger partial charge on any atom is 0.270 e. The zero-order chi connectivity index (χ0) is 16.7. The molecule has 1 amide bonds. The van der Waals surface area contributed by atoms with E-state index in [1.807, 2.05) is 30.5 Å². The Balaban J connectivity index is 1.84. The third-order valence-corrected chi connectivity index (χ3v) is 5.33. The highest BCUT2D eigenvalue weighted by Gasteiger charge is 2.14. The van der Waals surface area contributed by atoms with Crippen LogP contribution in [0.1, 0.15) is 33.5 Å². The van der Waals surface area contributed by atoms with E-state index in [1.54, 1.807) is 17.1 Å². The molecule has 0 saturated heterocycles. The van der Waals surface area contributed by atoms with Crippen LogP contribution >= 0.6 is 34.7 Å². The lowest BCUT2D eigenvalue weighted by atomic mass is 10.1. The number of rotatable bonds is 8. The zero-order valence-electron chi connectivity index (χ0n) is 12.9. The van der Waals surface area contributed by atoms with Crippen LogP contribution in [0.3, 0.4) is 0 Å². The Kier molecular flexibility index (Phi) is 7.36. The van der Waals surface area contributed by atoms with Crippen LogP contribution in [0.15, 0.2) is 29.6 Å². The molecule has 0 aliphatic rings. The Bertz CT molecular complexity index is 648. The summed E-state index contributed by atoms with van der Waals surface area (Å²) >= 11 is 9.29. The number of halogens is 1. The molecule has 1 unspecified atom stereocenters. The lowest BCUT2D eigenvalue weighted by molar-refractivity contribution is 0.0949. The number of thioether (sulfide) groups is 1. The van der Waals surface area contributed by atoms with Gasteiger partial charge in [-0.2, -0.15) is 11.8 Å². The van der Waals surface area contributed by atoms with E-state index < -0.39 is 0 Å². The normalized spacial score (nSPS) is 12.1. The minimum absolute atomic E-state index is 0.0999. The van der Waals surface area contributed by atoms with Crippen LogP contribution < -0.4 is 11.1 Å². The fourth-order valence-corrected chi connectivity index (χ4v) is 3.59. The van der Waals surface area contributed by atoms with Gasteiger partial charge in [0, 0.05) is 16.9 Å².